The number of rotatable bonds is 5. The number of nitriles is 1. The van der Waals surface area contributed by atoms with E-state index >= 15 is 0 Å². The zero-order chi connectivity index (χ0) is 26.3. The van der Waals surface area contributed by atoms with Crippen LogP contribution in [0.5, 0.6) is 0 Å². The summed E-state index contributed by atoms with van der Waals surface area (Å²) in [5.41, 5.74) is 6.10. The second-order valence-corrected chi connectivity index (χ2v) is 9.67. The van der Waals surface area contributed by atoms with Gasteiger partial charge in [-0.25, -0.2) is 10.0 Å². The summed E-state index contributed by atoms with van der Waals surface area (Å²) in [6.45, 7) is 7.64. The minimum atomic E-state index is -0.661. The Morgan fingerprint density at radius 2 is 1.08 bits per heavy atom. The van der Waals surface area contributed by atoms with E-state index < -0.39 is 17.8 Å². The van der Waals surface area contributed by atoms with Crippen molar-refractivity contribution in [1.29, 1.82) is 5.26 Å². The first-order valence-corrected chi connectivity index (χ1v) is 12.2. The molecule has 5 rings (SSSR count). The van der Waals surface area contributed by atoms with Gasteiger partial charge in [-0.15, -0.1) is 0 Å². The molecular weight excluding hydrogens is 462 g/mol. The van der Waals surface area contributed by atoms with Gasteiger partial charge in [0.25, 0.3) is 11.8 Å². The fraction of sp³-hybridized carbons (Fsp3) is 0.233. The molecule has 0 N–H and O–H groups in total. The molecule has 7 heteroatoms. The summed E-state index contributed by atoms with van der Waals surface area (Å²) < 4.78 is 0. The summed E-state index contributed by atoms with van der Waals surface area (Å²) in [6, 6.07) is 24.5. The standard InChI is InChI=1S/C30H27N5O2/c1-18-5-13-24(14-6-18)34-29(36)26(20(3)32-34)28(23-11-9-22(17-31)10-12-23)27-21(4)33-35(30(27)37)25-15-7-19(2)8-16-25/h5-16,26-28H,1-4H3. The topological polar surface area (TPSA) is 89.1 Å². The molecule has 2 unspecified atom stereocenters. The molecule has 0 saturated heterocycles. The van der Waals surface area contributed by atoms with Gasteiger partial charge in [0.15, 0.2) is 0 Å². The number of amides is 2. The van der Waals surface area contributed by atoms with Crippen LogP contribution < -0.4 is 10.0 Å². The molecule has 2 aliphatic rings. The summed E-state index contributed by atoms with van der Waals surface area (Å²) in [5, 5.41) is 21.4. The van der Waals surface area contributed by atoms with Gasteiger partial charge in [0, 0.05) is 17.3 Å². The van der Waals surface area contributed by atoms with Crippen LogP contribution in [-0.4, -0.2) is 23.2 Å². The van der Waals surface area contributed by atoms with E-state index in [2.05, 4.69) is 16.3 Å². The van der Waals surface area contributed by atoms with Crippen LogP contribution in [0.1, 0.15) is 42.0 Å². The van der Waals surface area contributed by atoms with E-state index in [9.17, 15) is 14.9 Å². The Hall–Kier alpha value is -4.57. The Labute approximate surface area is 216 Å². The van der Waals surface area contributed by atoms with Gasteiger partial charge in [0.05, 0.1) is 34.8 Å². The van der Waals surface area contributed by atoms with Crippen molar-refractivity contribution in [1.82, 2.24) is 0 Å². The van der Waals surface area contributed by atoms with E-state index in [1.165, 1.54) is 10.0 Å². The number of hydrazone groups is 2. The average Bonchev–Trinajstić information content (AvgIpc) is 3.36. The second kappa shape index (κ2) is 9.47. The lowest BCUT2D eigenvalue weighted by atomic mass is 9.73. The summed E-state index contributed by atoms with van der Waals surface area (Å²) >= 11 is 0. The fourth-order valence-corrected chi connectivity index (χ4v) is 5.09. The number of hydrogen-bond acceptors (Lipinski definition) is 5. The van der Waals surface area contributed by atoms with Crippen LogP contribution in [0.3, 0.4) is 0 Å². The van der Waals surface area contributed by atoms with Crippen LogP contribution in [0, 0.1) is 37.0 Å². The van der Waals surface area contributed by atoms with Gasteiger partial charge >= 0.3 is 0 Å². The molecule has 0 aliphatic carbocycles. The van der Waals surface area contributed by atoms with Gasteiger partial charge in [-0.3, -0.25) is 9.59 Å². The van der Waals surface area contributed by atoms with E-state index in [0.29, 0.717) is 28.4 Å². The first-order chi connectivity index (χ1) is 17.8. The third-order valence-electron chi connectivity index (χ3n) is 7.07. The maximum atomic E-state index is 13.9. The van der Waals surface area contributed by atoms with Crippen molar-refractivity contribution in [3.63, 3.8) is 0 Å². The largest absolute Gasteiger partial charge is 0.272 e. The number of nitrogens with zero attached hydrogens (tertiary/aromatic N) is 5. The number of hydrogen-bond donors (Lipinski definition) is 0. The summed E-state index contributed by atoms with van der Waals surface area (Å²) in [5.74, 6) is -2.24. The van der Waals surface area contributed by atoms with Crippen molar-refractivity contribution in [3.05, 3.63) is 95.1 Å². The normalized spacial score (nSPS) is 20.1. The van der Waals surface area contributed by atoms with Crippen LogP contribution in [0.4, 0.5) is 11.4 Å². The number of aryl methyl sites for hydroxylation is 2. The minimum Gasteiger partial charge on any atom is -0.272 e. The molecule has 2 atom stereocenters. The fourth-order valence-electron chi connectivity index (χ4n) is 5.09. The Morgan fingerprint density at radius 3 is 1.46 bits per heavy atom. The molecule has 0 bridgehead atoms. The molecule has 0 radical (unpaired) electrons. The molecule has 7 nitrogen and oxygen atoms in total. The van der Waals surface area contributed by atoms with E-state index in [1.54, 1.807) is 12.1 Å². The van der Waals surface area contributed by atoms with E-state index in [-0.39, 0.29) is 11.8 Å². The smallest absolute Gasteiger partial charge is 0.256 e. The van der Waals surface area contributed by atoms with Crippen molar-refractivity contribution in [2.75, 3.05) is 10.0 Å². The van der Waals surface area contributed by atoms with Crippen LogP contribution >= 0.6 is 0 Å². The van der Waals surface area contributed by atoms with E-state index in [1.807, 2.05) is 88.4 Å². The summed E-state index contributed by atoms with van der Waals surface area (Å²) in [4.78, 5) is 27.8. The van der Waals surface area contributed by atoms with Crippen LogP contribution in [0.2, 0.25) is 0 Å². The third kappa shape index (κ3) is 4.31. The Bertz CT molecular complexity index is 1380. The SMILES string of the molecule is CC1=NN(c2ccc(C)cc2)C(=O)C1C(c1ccc(C#N)cc1)C1C(=O)N(c2ccc(C)cc2)N=C1C. The maximum Gasteiger partial charge on any atom is 0.256 e. The molecule has 184 valence electrons. The highest BCUT2D eigenvalue weighted by Gasteiger charge is 2.50. The van der Waals surface area contributed by atoms with Gasteiger partial charge in [-0.05, 0) is 69.7 Å². The molecule has 3 aromatic carbocycles. The second-order valence-electron chi connectivity index (χ2n) is 9.67. The first kappa shape index (κ1) is 24.1. The molecule has 0 aromatic heterocycles. The van der Waals surface area contributed by atoms with E-state index in [0.717, 1.165) is 16.7 Å². The Kier molecular flexibility index (Phi) is 6.18. The number of carbonyl (C=O) groups excluding carboxylic acids is 2. The van der Waals surface area contributed by atoms with Crippen molar-refractivity contribution in [2.45, 2.75) is 33.6 Å². The molecular formula is C30H27N5O2. The lowest BCUT2D eigenvalue weighted by molar-refractivity contribution is -0.122. The van der Waals surface area contributed by atoms with Crippen molar-refractivity contribution < 1.29 is 9.59 Å². The highest BCUT2D eigenvalue weighted by Crippen LogP contribution is 2.42. The molecule has 0 saturated carbocycles. The monoisotopic (exact) mass is 489 g/mol. The predicted octanol–water partition coefficient (Wildman–Crippen LogP) is 5.34. The van der Waals surface area contributed by atoms with Crippen molar-refractivity contribution >= 4 is 34.6 Å². The van der Waals surface area contributed by atoms with Gasteiger partial charge in [-0.2, -0.15) is 15.5 Å². The van der Waals surface area contributed by atoms with E-state index in [4.69, 9.17) is 0 Å². The van der Waals surface area contributed by atoms with Crippen molar-refractivity contribution in [3.8, 4) is 6.07 Å². The zero-order valence-electron chi connectivity index (χ0n) is 21.2. The molecule has 0 spiro atoms. The molecule has 3 aromatic rings. The number of anilines is 2. The van der Waals surface area contributed by atoms with Crippen LogP contribution in [-0.2, 0) is 9.59 Å². The lowest BCUT2D eigenvalue weighted by Gasteiger charge is -2.28. The maximum absolute atomic E-state index is 13.9. The molecule has 2 amide bonds. The quantitative estimate of drug-likeness (QED) is 0.485. The molecule has 0 fully saturated rings. The number of carbonyl (C=O) groups is 2. The van der Waals surface area contributed by atoms with Crippen LogP contribution in [0.15, 0.2) is 83.0 Å². The Morgan fingerprint density at radius 1 is 0.676 bits per heavy atom. The summed E-state index contributed by atoms with van der Waals surface area (Å²) in [7, 11) is 0. The van der Waals surface area contributed by atoms with Gasteiger partial charge in [0.1, 0.15) is 0 Å². The first-order valence-electron chi connectivity index (χ1n) is 12.2. The number of benzene rings is 3. The van der Waals surface area contributed by atoms with Gasteiger partial charge in [-0.1, -0.05) is 47.5 Å². The zero-order valence-corrected chi connectivity index (χ0v) is 21.2. The third-order valence-corrected chi connectivity index (χ3v) is 7.07. The highest BCUT2D eigenvalue weighted by atomic mass is 16.2. The lowest BCUT2D eigenvalue weighted by Crippen LogP contribution is -2.40. The average molecular weight is 490 g/mol. The molecule has 37 heavy (non-hydrogen) atoms. The molecule has 2 aliphatic heterocycles. The minimum absolute atomic E-state index is 0.190. The highest BCUT2D eigenvalue weighted by molar-refractivity contribution is 6.19. The van der Waals surface area contributed by atoms with Gasteiger partial charge in [0.2, 0.25) is 0 Å². The molecule has 2 heterocycles. The van der Waals surface area contributed by atoms with Gasteiger partial charge < -0.3 is 0 Å². The van der Waals surface area contributed by atoms with Crippen LogP contribution in [0.25, 0.3) is 0 Å². The summed E-state index contributed by atoms with van der Waals surface area (Å²) in [6.07, 6.45) is 0. The Balaban J connectivity index is 1.56. The predicted molar refractivity (Wildman–Crippen MR) is 144 cm³/mol. The van der Waals surface area contributed by atoms with Crippen molar-refractivity contribution in [2.24, 2.45) is 22.0 Å².